The molecule has 1 aliphatic heterocycles. The molecule has 3 aromatic rings. The van der Waals surface area contributed by atoms with Gasteiger partial charge in [0.1, 0.15) is 11.3 Å². The molecule has 0 aliphatic carbocycles. The molecular weight excluding hydrogens is 439 g/mol. The second-order valence-corrected chi connectivity index (χ2v) is 8.15. The highest BCUT2D eigenvalue weighted by Gasteiger charge is 2.26. The third-order valence-corrected chi connectivity index (χ3v) is 6.19. The van der Waals surface area contributed by atoms with Crippen molar-refractivity contribution in [1.29, 1.82) is 0 Å². The van der Waals surface area contributed by atoms with Crippen LogP contribution in [0.3, 0.4) is 0 Å². The number of anilines is 2. The van der Waals surface area contributed by atoms with E-state index in [4.69, 9.17) is 20.9 Å². The molecule has 34 heavy (non-hydrogen) atoms. The Morgan fingerprint density at radius 3 is 2.44 bits per heavy atom. The molecule has 10 heteroatoms. The number of hydrogen-bond acceptors (Lipinski definition) is 8. The molecule has 4 N–H and O–H groups in total. The third-order valence-electron chi connectivity index (χ3n) is 6.19. The number of methoxy groups -OCH3 is 2. The maximum atomic E-state index is 15.1. The van der Waals surface area contributed by atoms with Gasteiger partial charge in [0.25, 0.3) is 0 Å². The molecule has 0 bridgehead atoms. The molecule has 0 saturated carbocycles. The molecule has 180 valence electrons. The molecule has 4 rings (SSSR count). The number of carbonyl (C=O) groups excluding carboxylic acids is 1. The zero-order valence-electron chi connectivity index (χ0n) is 19.3. The van der Waals surface area contributed by atoms with E-state index >= 15 is 4.39 Å². The van der Waals surface area contributed by atoms with Gasteiger partial charge in [0, 0.05) is 43.9 Å². The lowest BCUT2D eigenvalue weighted by molar-refractivity contribution is -0.131. The van der Waals surface area contributed by atoms with Crippen LogP contribution in [0.25, 0.3) is 10.9 Å². The van der Waals surface area contributed by atoms with E-state index in [2.05, 4.69) is 9.97 Å². The number of benzene rings is 2. The molecule has 1 aliphatic rings. The fourth-order valence-electron chi connectivity index (χ4n) is 4.24. The van der Waals surface area contributed by atoms with Crippen molar-refractivity contribution < 1.29 is 18.7 Å². The first-order chi connectivity index (χ1) is 16.5. The van der Waals surface area contributed by atoms with Crippen LogP contribution in [0.4, 0.5) is 16.2 Å². The van der Waals surface area contributed by atoms with Crippen molar-refractivity contribution in [3.63, 3.8) is 0 Å². The van der Waals surface area contributed by atoms with Crippen molar-refractivity contribution in [1.82, 2.24) is 14.9 Å². The molecule has 1 amide bonds. The Labute approximate surface area is 197 Å². The summed E-state index contributed by atoms with van der Waals surface area (Å²) in [6.45, 7) is 2.41. The van der Waals surface area contributed by atoms with E-state index in [0.717, 1.165) is 5.56 Å². The second kappa shape index (κ2) is 10.1. The number of nitrogens with zero attached hydrogens (tertiary/aromatic N) is 4. The minimum atomic E-state index is -0.658. The summed E-state index contributed by atoms with van der Waals surface area (Å²) in [7, 11) is 2.78. The highest BCUT2D eigenvalue weighted by atomic mass is 19.1. The predicted octanol–water partition coefficient (Wildman–Crippen LogP) is 2.15. The van der Waals surface area contributed by atoms with E-state index < -0.39 is 5.82 Å². The van der Waals surface area contributed by atoms with Crippen LogP contribution in [0.5, 0.6) is 11.5 Å². The van der Waals surface area contributed by atoms with Gasteiger partial charge in [-0.25, -0.2) is 9.37 Å². The van der Waals surface area contributed by atoms with Gasteiger partial charge < -0.3 is 30.7 Å². The molecule has 0 unspecified atom stereocenters. The number of carbonyl (C=O) groups is 1. The number of ether oxygens (including phenoxy) is 2. The average Bonchev–Trinajstić information content (AvgIpc) is 2.87. The molecule has 9 nitrogen and oxygen atoms in total. The summed E-state index contributed by atoms with van der Waals surface area (Å²) >= 11 is 0. The molecule has 1 atom stereocenters. The van der Waals surface area contributed by atoms with Crippen LogP contribution in [0.1, 0.15) is 17.9 Å². The van der Waals surface area contributed by atoms with Gasteiger partial charge in [0.15, 0.2) is 17.3 Å². The average molecular weight is 469 g/mol. The lowest BCUT2D eigenvalue weighted by atomic mass is 9.95. The van der Waals surface area contributed by atoms with Gasteiger partial charge in [0.05, 0.1) is 14.2 Å². The van der Waals surface area contributed by atoms with Crippen LogP contribution >= 0.6 is 0 Å². The summed E-state index contributed by atoms with van der Waals surface area (Å²) in [6, 6.07) is 11.4. The van der Waals surface area contributed by atoms with E-state index in [1.54, 1.807) is 6.07 Å². The first kappa shape index (κ1) is 23.5. The number of fused-ring (bicyclic) bond motifs is 1. The van der Waals surface area contributed by atoms with Crippen LogP contribution in [0.2, 0.25) is 0 Å². The number of halogens is 1. The summed E-state index contributed by atoms with van der Waals surface area (Å²) in [5.41, 5.74) is 13.2. The van der Waals surface area contributed by atoms with Crippen LogP contribution < -0.4 is 25.8 Å². The lowest BCUT2D eigenvalue weighted by Crippen LogP contribution is -2.49. The largest absolute Gasteiger partial charge is 0.493 e. The van der Waals surface area contributed by atoms with Crippen molar-refractivity contribution in [2.24, 2.45) is 5.73 Å². The number of amides is 1. The number of piperazine rings is 1. The zero-order chi connectivity index (χ0) is 24.2. The van der Waals surface area contributed by atoms with Crippen molar-refractivity contribution in [2.75, 3.05) is 57.6 Å². The Morgan fingerprint density at radius 2 is 1.82 bits per heavy atom. The predicted molar refractivity (Wildman–Crippen MR) is 129 cm³/mol. The molecule has 0 radical (unpaired) electrons. The van der Waals surface area contributed by atoms with E-state index in [-0.39, 0.29) is 34.7 Å². The highest BCUT2D eigenvalue weighted by Crippen LogP contribution is 2.37. The Balaban J connectivity index is 1.48. The summed E-state index contributed by atoms with van der Waals surface area (Å²) in [4.78, 5) is 25.4. The van der Waals surface area contributed by atoms with E-state index in [1.807, 2.05) is 40.1 Å². The molecular formula is C24H29FN6O3. The maximum absolute atomic E-state index is 15.1. The molecule has 1 fully saturated rings. The summed E-state index contributed by atoms with van der Waals surface area (Å²) < 4.78 is 25.4. The molecule has 1 aromatic heterocycles. The smallest absolute Gasteiger partial charge is 0.228 e. The van der Waals surface area contributed by atoms with Gasteiger partial charge >= 0.3 is 0 Å². The number of aromatic nitrogens is 2. The SMILES string of the molecule is COc1cc2c(N)nc(N3CCN(C(=O)C[C@@H](CN)c4ccccc4)CC3)nc2c(F)c1OC. The summed E-state index contributed by atoms with van der Waals surface area (Å²) in [5.74, 6) is 0.0106. The topological polar surface area (TPSA) is 120 Å². The van der Waals surface area contributed by atoms with E-state index in [0.29, 0.717) is 50.5 Å². The Hall–Kier alpha value is -3.66. The van der Waals surface area contributed by atoms with Crippen LogP contribution in [0, 0.1) is 5.82 Å². The van der Waals surface area contributed by atoms with Gasteiger partial charge in [0.2, 0.25) is 11.9 Å². The van der Waals surface area contributed by atoms with E-state index in [1.165, 1.54) is 14.2 Å². The van der Waals surface area contributed by atoms with Gasteiger partial charge in [-0.1, -0.05) is 30.3 Å². The quantitative estimate of drug-likeness (QED) is 0.541. The fourth-order valence-corrected chi connectivity index (χ4v) is 4.24. The number of rotatable bonds is 7. The van der Waals surface area contributed by atoms with Crippen molar-refractivity contribution in [3.8, 4) is 11.5 Å². The minimum absolute atomic E-state index is 0.0229. The highest BCUT2D eigenvalue weighted by molar-refractivity contribution is 5.92. The van der Waals surface area contributed by atoms with Crippen LogP contribution in [-0.2, 0) is 4.79 Å². The Bertz CT molecular complexity index is 1170. The molecule has 2 heterocycles. The maximum Gasteiger partial charge on any atom is 0.228 e. The van der Waals surface area contributed by atoms with Gasteiger partial charge in [-0.3, -0.25) is 4.79 Å². The monoisotopic (exact) mass is 468 g/mol. The Kier molecular flexibility index (Phi) is 6.97. The van der Waals surface area contributed by atoms with Crippen LogP contribution in [0.15, 0.2) is 36.4 Å². The van der Waals surface area contributed by atoms with Gasteiger partial charge in [-0.15, -0.1) is 0 Å². The molecule has 2 aromatic carbocycles. The summed E-state index contributed by atoms with van der Waals surface area (Å²) in [5, 5.41) is 0.349. The van der Waals surface area contributed by atoms with E-state index in [9.17, 15) is 4.79 Å². The van der Waals surface area contributed by atoms with Crippen molar-refractivity contribution >= 4 is 28.6 Å². The zero-order valence-corrected chi connectivity index (χ0v) is 19.3. The fraction of sp³-hybridized carbons (Fsp3) is 0.375. The minimum Gasteiger partial charge on any atom is -0.493 e. The number of hydrogen-bond donors (Lipinski definition) is 2. The number of nitrogen functional groups attached to an aromatic ring is 1. The van der Waals surface area contributed by atoms with Crippen molar-refractivity contribution in [2.45, 2.75) is 12.3 Å². The molecule has 0 spiro atoms. The normalized spacial score (nSPS) is 14.8. The Morgan fingerprint density at radius 1 is 1.12 bits per heavy atom. The standard InChI is InChI=1S/C24H29FN6O3/c1-33-18-13-17-21(20(25)22(18)34-2)28-24(29-23(17)27)31-10-8-30(9-11-31)19(32)12-16(14-26)15-6-4-3-5-7-15/h3-7,13,16H,8-12,14,26H2,1-2H3,(H2,27,28,29)/t16-/m0/s1. The second-order valence-electron chi connectivity index (χ2n) is 8.15. The van der Waals surface area contributed by atoms with Gasteiger partial charge in [-0.2, -0.15) is 4.98 Å². The van der Waals surface area contributed by atoms with Crippen molar-refractivity contribution in [3.05, 3.63) is 47.8 Å². The van der Waals surface area contributed by atoms with Crippen LogP contribution in [-0.4, -0.2) is 67.7 Å². The van der Waals surface area contributed by atoms with Gasteiger partial charge in [-0.05, 0) is 18.2 Å². The third kappa shape index (κ3) is 4.54. The number of nitrogens with two attached hydrogens (primary N) is 2. The lowest BCUT2D eigenvalue weighted by Gasteiger charge is -2.35. The molecule has 1 saturated heterocycles. The summed E-state index contributed by atoms with van der Waals surface area (Å²) in [6.07, 6.45) is 0.354. The first-order valence-electron chi connectivity index (χ1n) is 11.1. The first-order valence-corrected chi connectivity index (χ1v) is 11.1.